The van der Waals surface area contributed by atoms with Crippen molar-refractivity contribution in [3.8, 4) is 0 Å². The van der Waals surface area contributed by atoms with Crippen LogP contribution in [0.15, 0.2) is 0 Å². The van der Waals surface area contributed by atoms with Gasteiger partial charge in [0.2, 0.25) is 0 Å². The number of carbonyl (C=O) groups excluding carboxylic acids is 2. The highest BCUT2D eigenvalue weighted by Crippen LogP contribution is 2.61. The van der Waals surface area contributed by atoms with Gasteiger partial charge in [-0.05, 0) is 56.8 Å². The van der Waals surface area contributed by atoms with Crippen LogP contribution in [0, 0.1) is 23.2 Å². The van der Waals surface area contributed by atoms with Gasteiger partial charge >= 0.3 is 6.09 Å². The fourth-order valence-electron chi connectivity index (χ4n) is 3.93. The maximum Gasteiger partial charge on any atom is 0.407 e. The third kappa shape index (κ3) is 2.84. The second-order valence-corrected chi connectivity index (χ2v) is 7.93. The molecule has 0 aromatic heterocycles. The maximum absolute atomic E-state index is 12.0. The molecule has 0 heterocycles. The van der Waals surface area contributed by atoms with Crippen molar-refractivity contribution in [3.05, 3.63) is 0 Å². The van der Waals surface area contributed by atoms with Crippen molar-refractivity contribution in [2.75, 3.05) is 0 Å². The zero-order valence-corrected chi connectivity index (χ0v) is 13.2. The Morgan fingerprint density at radius 3 is 2.50 bits per heavy atom. The lowest BCUT2D eigenvalue weighted by atomic mass is 9.44. The number of carbonyl (C=O) groups is 2. The van der Waals surface area contributed by atoms with Crippen LogP contribution >= 0.6 is 0 Å². The number of aldehydes is 1. The SMILES string of the molecule is CC(C)(C)OC(=O)NC1C(CC=O)CC2CC1C2(C)C. The third-order valence-electron chi connectivity index (χ3n) is 5.16. The zero-order chi connectivity index (χ0) is 15.1. The normalized spacial score (nSPS) is 34.9. The number of amides is 1. The highest BCUT2D eigenvalue weighted by molar-refractivity contribution is 5.68. The number of nitrogens with one attached hydrogen (secondary N) is 1. The predicted molar refractivity (Wildman–Crippen MR) is 77.3 cm³/mol. The summed E-state index contributed by atoms with van der Waals surface area (Å²) in [4.78, 5) is 22.9. The molecule has 4 atom stereocenters. The van der Waals surface area contributed by atoms with E-state index in [1.165, 1.54) is 0 Å². The van der Waals surface area contributed by atoms with Gasteiger partial charge in [-0.15, -0.1) is 0 Å². The monoisotopic (exact) mass is 281 g/mol. The van der Waals surface area contributed by atoms with E-state index in [-0.39, 0.29) is 23.5 Å². The lowest BCUT2D eigenvalue weighted by Crippen LogP contribution is -2.63. The van der Waals surface area contributed by atoms with Crippen molar-refractivity contribution in [1.29, 1.82) is 0 Å². The van der Waals surface area contributed by atoms with Gasteiger partial charge in [-0.1, -0.05) is 13.8 Å². The van der Waals surface area contributed by atoms with Gasteiger partial charge in [-0.2, -0.15) is 0 Å². The molecule has 4 heteroatoms. The molecule has 3 saturated carbocycles. The molecule has 0 aliphatic heterocycles. The number of hydrogen-bond donors (Lipinski definition) is 1. The molecule has 3 aliphatic carbocycles. The minimum atomic E-state index is -0.490. The molecule has 3 aliphatic rings. The summed E-state index contributed by atoms with van der Waals surface area (Å²) in [5.74, 6) is 1.41. The molecule has 0 saturated heterocycles. The molecule has 3 fully saturated rings. The Bertz CT molecular complexity index is 397. The van der Waals surface area contributed by atoms with Crippen LogP contribution in [0.25, 0.3) is 0 Å². The van der Waals surface area contributed by atoms with Crippen LogP contribution < -0.4 is 5.32 Å². The summed E-state index contributed by atoms with van der Waals surface area (Å²) < 4.78 is 5.36. The number of hydrogen-bond acceptors (Lipinski definition) is 3. The quantitative estimate of drug-likeness (QED) is 0.808. The van der Waals surface area contributed by atoms with E-state index in [1.807, 2.05) is 20.8 Å². The van der Waals surface area contributed by atoms with Crippen molar-refractivity contribution >= 4 is 12.4 Å². The Balaban J connectivity index is 2.05. The van der Waals surface area contributed by atoms with Crippen LogP contribution in [0.4, 0.5) is 4.79 Å². The molecule has 0 radical (unpaired) electrons. The maximum atomic E-state index is 12.0. The molecule has 1 amide bonds. The molecule has 20 heavy (non-hydrogen) atoms. The molecule has 0 spiro atoms. The summed E-state index contributed by atoms with van der Waals surface area (Å²) in [6.45, 7) is 10.1. The summed E-state index contributed by atoms with van der Waals surface area (Å²) in [5, 5.41) is 3.03. The second-order valence-electron chi connectivity index (χ2n) is 7.93. The van der Waals surface area contributed by atoms with Crippen molar-refractivity contribution in [1.82, 2.24) is 5.32 Å². The lowest BCUT2D eigenvalue weighted by molar-refractivity contribution is -0.124. The summed E-state index contributed by atoms with van der Waals surface area (Å²) in [7, 11) is 0. The fraction of sp³-hybridized carbons (Fsp3) is 0.875. The van der Waals surface area contributed by atoms with Crippen molar-refractivity contribution in [2.24, 2.45) is 23.2 Å². The Kier molecular flexibility index (Phi) is 3.87. The van der Waals surface area contributed by atoms with Crippen molar-refractivity contribution < 1.29 is 14.3 Å². The number of alkyl carbamates (subject to hydrolysis) is 1. The Morgan fingerprint density at radius 2 is 2.00 bits per heavy atom. The summed E-state index contributed by atoms with van der Waals surface area (Å²) in [6, 6.07) is 0.0649. The molecule has 2 bridgehead atoms. The first kappa shape index (κ1) is 15.3. The van der Waals surface area contributed by atoms with Crippen LogP contribution in [-0.2, 0) is 9.53 Å². The molecule has 4 unspecified atom stereocenters. The van der Waals surface area contributed by atoms with Crippen LogP contribution in [-0.4, -0.2) is 24.0 Å². The molecular formula is C16H27NO3. The first-order valence-electron chi connectivity index (χ1n) is 7.58. The minimum absolute atomic E-state index is 0.0649. The lowest BCUT2D eigenvalue weighted by Gasteiger charge is -2.62. The van der Waals surface area contributed by atoms with Crippen LogP contribution in [0.3, 0.4) is 0 Å². The molecular weight excluding hydrogens is 254 g/mol. The van der Waals surface area contributed by atoms with Gasteiger partial charge in [0.25, 0.3) is 0 Å². The zero-order valence-electron chi connectivity index (χ0n) is 13.2. The first-order valence-corrected chi connectivity index (χ1v) is 7.58. The standard InChI is InChI=1S/C16H27NO3/c1-15(2,3)20-14(19)17-13-10(6-7-18)8-11-9-12(13)16(11,4)5/h7,10-13H,6,8-9H2,1-5H3,(H,17,19). The molecule has 114 valence electrons. The van der Waals surface area contributed by atoms with Gasteiger partial charge in [0.15, 0.2) is 0 Å². The largest absolute Gasteiger partial charge is 0.444 e. The Labute approximate surface area is 121 Å². The van der Waals surface area contributed by atoms with Crippen LogP contribution in [0.1, 0.15) is 53.9 Å². The molecule has 1 N–H and O–H groups in total. The minimum Gasteiger partial charge on any atom is -0.444 e. The van der Waals surface area contributed by atoms with E-state index < -0.39 is 5.60 Å². The van der Waals surface area contributed by atoms with Gasteiger partial charge in [-0.25, -0.2) is 4.79 Å². The van der Waals surface area contributed by atoms with Crippen molar-refractivity contribution in [3.63, 3.8) is 0 Å². The number of fused-ring (bicyclic) bond motifs is 2. The van der Waals surface area contributed by atoms with Crippen LogP contribution in [0.2, 0.25) is 0 Å². The van der Waals surface area contributed by atoms with Crippen molar-refractivity contribution in [2.45, 2.75) is 65.5 Å². The van der Waals surface area contributed by atoms with Gasteiger partial charge in [0.05, 0.1) is 0 Å². The third-order valence-corrected chi connectivity index (χ3v) is 5.16. The predicted octanol–water partition coefficient (Wildman–Crippen LogP) is 3.15. The average Bonchev–Trinajstić information content (AvgIpc) is 2.28. The summed E-state index contributed by atoms with van der Waals surface area (Å²) >= 11 is 0. The van der Waals surface area contributed by atoms with E-state index in [1.54, 1.807) is 0 Å². The number of rotatable bonds is 3. The highest BCUT2D eigenvalue weighted by atomic mass is 16.6. The van der Waals surface area contributed by atoms with E-state index >= 15 is 0 Å². The number of ether oxygens (including phenoxy) is 1. The van der Waals surface area contributed by atoms with E-state index in [0.717, 1.165) is 19.1 Å². The smallest absolute Gasteiger partial charge is 0.407 e. The van der Waals surface area contributed by atoms with Gasteiger partial charge in [0, 0.05) is 12.5 Å². The van der Waals surface area contributed by atoms with Gasteiger partial charge in [0.1, 0.15) is 11.9 Å². The molecule has 4 nitrogen and oxygen atoms in total. The molecule has 0 aromatic carbocycles. The van der Waals surface area contributed by atoms with E-state index in [9.17, 15) is 9.59 Å². The average molecular weight is 281 g/mol. The molecule has 3 rings (SSSR count). The summed E-state index contributed by atoms with van der Waals surface area (Å²) in [6.07, 6.45) is 3.33. The van der Waals surface area contributed by atoms with E-state index in [0.29, 0.717) is 18.3 Å². The Morgan fingerprint density at radius 1 is 1.35 bits per heavy atom. The second kappa shape index (κ2) is 5.05. The molecule has 0 aromatic rings. The fourth-order valence-corrected chi connectivity index (χ4v) is 3.93. The van der Waals surface area contributed by atoms with E-state index in [2.05, 4.69) is 19.2 Å². The highest BCUT2D eigenvalue weighted by Gasteiger charge is 2.57. The topological polar surface area (TPSA) is 55.4 Å². The Hall–Kier alpha value is -1.06. The van der Waals surface area contributed by atoms with Gasteiger partial charge < -0.3 is 14.8 Å². The summed E-state index contributed by atoms with van der Waals surface area (Å²) in [5.41, 5.74) is -0.227. The van der Waals surface area contributed by atoms with Gasteiger partial charge in [-0.3, -0.25) is 0 Å². The van der Waals surface area contributed by atoms with Crippen LogP contribution in [0.5, 0.6) is 0 Å². The first-order chi connectivity index (χ1) is 9.15. The van der Waals surface area contributed by atoms with E-state index in [4.69, 9.17) is 4.74 Å².